The first kappa shape index (κ1) is 21.0. The number of halogens is 1. The third-order valence-corrected chi connectivity index (χ3v) is 4.89. The first-order valence-electron chi connectivity index (χ1n) is 6.44. The molecule has 0 aliphatic carbocycles. The van der Waals surface area contributed by atoms with Crippen LogP contribution in [0, 0.1) is 5.92 Å². The van der Waals surface area contributed by atoms with Crippen molar-refractivity contribution in [1.82, 2.24) is 10.2 Å². The molecule has 0 aliphatic rings. The Hall–Kier alpha value is -0.330. The Labute approximate surface area is 123 Å². The zero-order valence-corrected chi connectivity index (χ0v) is 14.1. The van der Waals surface area contributed by atoms with Crippen molar-refractivity contribution in [3.8, 4) is 0 Å². The Morgan fingerprint density at radius 3 is 2.16 bits per heavy atom. The van der Waals surface area contributed by atoms with Gasteiger partial charge in [0.15, 0.2) is 9.84 Å². The lowest BCUT2D eigenvalue weighted by molar-refractivity contribution is -0.136. The van der Waals surface area contributed by atoms with E-state index in [0.29, 0.717) is 13.1 Å². The van der Waals surface area contributed by atoms with Gasteiger partial charge in [0.25, 0.3) is 0 Å². The van der Waals surface area contributed by atoms with E-state index in [9.17, 15) is 13.2 Å². The van der Waals surface area contributed by atoms with Crippen molar-refractivity contribution in [1.29, 1.82) is 0 Å². The highest BCUT2D eigenvalue weighted by molar-refractivity contribution is 7.91. The summed E-state index contributed by atoms with van der Waals surface area (Å²) >= 11 is 0. The summed E-state index contributed by atoms with van der Waals surface area (Å²) in [5.74, 6) is 0.0252. The van der Waals surface area contributed by atoms with E-state index in [4.69, 9.17) is 0 Å². The Morgan fingerprint density at radius 2 is 1.79 bits per heavy atom. The zero-order chi connectivity index (χ0) is 14.3. The summed E-state index contributed by atoms with van der Waals surface area (Å²) in [5, 5.41) is 2.96. The lowest BCUT2D eigenvalue weighted by Crippen LogP contribution is -2.46. The quantitative estimate of drug-likeness (QED) is 0.724. The normalized spacial score (nSPS) is 14.4. The summed E-state index contributed by atoms with van der Waals surface area (Å²) in [6, 6.07) is -0.272. The zero-order valence-electron chi connectivity index (χ0n) is 12.5. The Bertz CT molecular complexity index is 360. The van der Waals surface area contributed by atoms with E-state index < -0.39 is 9.84 Å². The third-order valence-electron chi connectivity index (χ3n) is 3.02. The molecule has 0 saturated heterocycles. The molecule has 0 heterocycles. The minimum Gasteiger partial charge on any atom is -0.339 e. The van der Waals surface area contributed by atoms with Crippen LogP contribution in [0.1, 0.15) is 27.7 Å². The standard InChI is InChI=1S/C12H26N2O3S.ClH/c1-6-14(12(15)10(3)8-13-5)11(4)9-18(16,17)7-2;/h10-11,13H,6-9H2,1-5H3;1H. The number of nitrogens with one attached hydrogen (secondary N) is 1. The Balaban J connectivity index is 0. The molecule has 0 aromatic rings. The topological polar surface area (TPSA) is 66.5 Å². The van der Waals surface area contributed by atoms with E-state index in [2.05, 4.69) is 5.32 Å². The van der Waals surface area contributed by atoms with Crippen molar-refractivity contribution in [2.24, 2.45) is 5.92 Å². The fraction of sp³-hybridized carbons (Fsp3) is 0.917. The molecular weight excluding hydrogens is 288 g/mol. The van der Waals surface area contributed by atoms with Gasteiger partial charge in [-0.25, -0.2) is 8.42 Å². The maximum absolute atomic E-state index is 12.2. The molecule has 1 amide bonds. The molecule has 0 bridgehead atoms. The van der Waals surface area contributed by atoms with Crippen molar-refractivity contribution in [2.45, 2.75) is 33.7 Å². The fourth-order valence-corrected chi connectivity index (χ4v) is 3.09. The second-order valence-electron chi connectivity index (χ2n) is 4.63. The van der Waals surface area contributed by atoms with Gasteiger partial charge in [-0.1, -0.05) is 13.8 Å². The first-order valence-corrected chi connectivity index (χ1v) is 8.26. The number of nitrogens with zero attached hydrogens (tertiary/aromatic N) is 1. The van der Waals surface area contributed by atoms with E-state index in [0.717, 1.165) is 0 Å². The summed E-state index contributed by atoms with van der Waals surface area (Å²) in [6.07, 6.45) is 0. The number of rotatable bonds is 8. The minimum absolute atomic E-state index is 0. The largest absolute Gasteiger partial charge is 0.339 e. The molecule has 19 heavy (non-hydrogen) atoms. The predicted octanol–water partition coefficient (Wildman–Crippen LogP) is 0.935. The predicted molar refractivity (Wildman–Crippen MR) is 81.5 cm³/mol. The summed E-state index contributed by atoms with van der Waals surface area (Å²) in [7, 11) is -1.26. The van der Waals surface area contributed by atoms with E-state index in [1.165, 1.54) is 0 Å². The molecule has 2 unspecified atom stereocenters. The number of hydrogen-bond donors (Lipinski definition) is 1. The second-order valence-corrected chi connectivity index (χ2v) is 7.03. The van der Waals surface area contributed by atoms with E-state index >= 15 is 0 Å². The highest BCUT2D eigenvalue weighted by Gasteiger charge is 2.26. The molecule has 0 aromatic heterocycles. The van der Waals surface area contributed by atoms with Gasteiger partial charge in [0, 0.05) is 30.8 Å². The molecule has 0 radical (unpaired) electrons. The molecule has 2 atom stereocenters. The average Bonchev–Trinajstić information content (AvgIpc) is 2.29. The highest BCUT2D eigenvalue weighted by atomic mass is 35.5. The lowest BCUT2D eigenvalue weighted by atomic mass is 10.1. The first-order chi connectivity index (χ1) is 8.29. The Kier molecular flexibility index (Phi) is 10.5. The summed E-state index contributed by atoms with van der Waals surface area (Å²) in [4.78, 5) is 13.8. The van der Waals surface area contributed by atoms with E-state index in [1.807, 2.05) is 13.8 Å². The monoisotopic (exact) mass is 314 g/mol. The molecule has 116 valence electrons. The molecule has 5 nitrogen and oxygen atoms in total. The van der Waals surface area contributed by atoms with Crippen LogP contribution in [0.15, 0.2) is 0 Å². The van der Waals surface area contributed by atoms with E-state index in [1.54, 1.807) is 25.8 Å². The molecule has 0 aromatic carbocycles. The summed E-state index contributed by atoms with van der Waals surface area (Å²) in [5.41, 5.74) is 0. The van der Waals surface area contributed by atoms with Crippen molar-refractivity contribution in [2.75, 3.05) is 31.6 Å². The van der Waals surface area contributed by atoms with Crippen LogP contribution in [-0.2, 0) is 14.6 Å². The van der Waals surface area contributed by atoms with E-state index in [-0.39, 0.29) is 41.8 Å². The number of carbonyl (C=O) groups excluding carboxylic acids is 1. The summed E-state index contributed by atoms with van der Waals surface area (Å²) in [6.45, 7) is 8.28. The average molecular weight is 315 g/mol. The SMILES string of the molecule is CCN(C(=O)C(C)CNC)C(C)CS(=O)(=O)CC.Cl. The van der Waals surface area contributed by atoms with Crippen LogP contribution in [-0.4, -0.2) is 56.9 Å². The van der Waals surface area contributed by atoms with Crippen LogP contribution in [0.3, 0.4) is 0 Å². The number of hydrogen-bond acceptors (Lipinski definition) is 4. The summed E-state index contributed by atoms with van der Waals surface area (Å²) < 4.78 is 23.2. The van der Waals surface area contributed by atoms with Crippen LogP contribution in [0.25, 0.3) is 0 Å². The van der Waals surface area contributed by atoms with Crippen LogP contribution in [0.4, 0.5) is 0 Å². The number of amides is 1. The van der Waals surface area contributed by atoms with Gasteiger partial charge < -0.3 is 10.2 Å². The third kappa shape index (κ3) is 7.13. The van der Waals surface area contributed by atoms with Gasteiger partial charge in [-0.3, -0.25) is 4.79 Å². The van der Waals surface area contributed by atoms with Crippen LogP contribution < -0.4 is 5.32 Å². The second kappa shape index (κ2) is 9.55. The highest BCUT2D eigenvalue weighted by Crippen LogP contribution is 2.09. The minimum atomic E-state index is -3.05. The van der Waals surface area contributed by atoms with Gasteiger partial charge in [0.2, 0.25) is 5.91 Å². The molecule has 1 N–H and O–H groups in total. The van der Waals surface area contributed by atoms with Crippen LogP contribution in [0.2, 0.25) is 0 Å². The maximum atomic E-state index is 12.2. The van der Waals surface area contributed by atoms with Crippen molar-refractivity contribution in [3.05, 3.63) is 0 Å². The van der Waals surface area contributed by atoms with Gasteiger partial charge in [0.1, 0.15) is 0 Å². The molecule has 0 aliphatic heterocycles. The maximum Gasteiger partial charge on any atom is 0.226 e. The smallest absolute Gasteiger partial charge is 0.226 e. The molecule has 0 rings (SSSR count). The fourth-order valence-electron chi connectivity index (χ4n) is 1.94. The van der Waals surface area contributed by atoms with Crippen LogP contribution in [0.5, 0.6) is 0 Å². The number of sulfone groups is 1. The Morgan fingerprint density at radius 1 is 1.26 bits per heavy atom. The van der Waals surface area contributed by atoms with Crippen molar-refractivity contribution in [3.63, 3.8) is 0 Å². The van der Waals surface area contributed by atoms with Gasteiger partial charge >= 0.3 is 0 Å². The molecule has 0 saturated carbocycles. The van der Waals surface area contributed by atoms with Gasteiger partial charge in [0.05, 0.1) is 5.75 Å². The van der Waals surface area contributed by atoms with Crippen LogP contribution >= 0.6 is 12.4 Å². The van der Waals surface area contributed by atoms with Crippen molar-refractivity contribution < 1.29 is 13.2 Å². The lowest BCUT2D eigenvalue weighted by Gasteiger charge is -2.30. The molecule has 0 spiro atoms. The van der Waals surface area contributed by atoms with Crippen molar-refractivity contribution >= 4 is 28.2 Å². The molecule has 0 fully saturated rings. The molecule has 7 heteroatoms. The van der Waals surface area contributed by atoms with Gasteiger partial charge in [-0.05, 0) is 20.9 Å². The molecular formula is C12H27ClN2O3S. The van der Waals surface area contributed by atoms with Gasteiger partial charge in [-0.2, -0.15) is 0 Å². The number of carbonyl (C=O) groups is 1. The van der Waals surface area contributed by atoms with Gasteiger partial charge in [-0.15, -0.1) is 12.4 Å².